The summed E-state index contributed by atoms with van der Waals surface area (Å²) < 4.78 is 24.5. The Hall–Kier alpha value is -1.45. The standard InChI is InChI=1S/C13H17NO3S/c1-3-4-5-13(14-10-15)18(16,17)12-8-6-11(2)7-9-12/h6-9,13H,3-5H2,1-2H3/t13-/m0/s1. The molecule has 18 heavy (non-hydrogen) atoms. The first kappa shape index (κ1) is 14.6. The summed E-state index contributed by atoms with van der Waals surface area (Å²) in [4.78, 5) is 14.0. The molecule has 1 aromatic carbocycles. The molecule has 0 unspecified atom stereocenters. The van der Waals surface area contributed by atoms with E-state index >= 15 is 0 Å². The van der Waals surface area contributed by atoms with Gasteiger partial charge in [0.15, 0.2) is 5.37 Å². The van der Waals surface area contributed by atoms with E-state index in [0.717, 1.165) is 12.0 Å². The van der Waals surface area contributed by atoms with Crippen LogP contribution >= 0.6 is 0 Å². The molecule has 4 nitrogen and oxygen atoms in total. The number of carbonyl (C=O) groups excluding carboxylic acids is 1. The third-order valence-corrected chi connectivity index (χ3v) is 4.70. The molecule has 1 aromatic rings. The van der Waals surface area contributed by atoms with Crippen LogP contribution < -0.4 is 0 Å². The molecule has 0 aliphatic heterocycles. The van der Waals surface area contributed by atoms with Crippen LogP contribution in [0.4, 0.5) is 0 Å². The highest BCUT2D eigenvalue weighted by molar-refractivity contribution is 7.92. The molecule has 0 fully saturated rings. The smallest absolute Gasteiger partial charge is 0.221 e. The van der Waals surface area contributed by atoms with E-state index in [2.05, 4.69) is 4.99 Å². The summed E-state index contributed by atoms with van der Waals surface area (Å²) >= 11 is 0. The fourth-order valence-electron chi connectivity index (χ4n) is 1.61. The van der Waals surface area contributed by atoms with Crippen molar-refractivity contribution in [2.45, 2.75) is 43.4 Å². The lowest BCUT2D eigenvalue weighted by Gasteiger charge is -2.11. The first-order valence-electron chi connectivity index (χ1n) is 5.90. The number of sulfone groups is 1. The van der Waals surface area contributed by atoms with E-state index < -0.39 is 15.2 Å². The van der Waals surface area contributed by atoms with Crippen molar-refractivity contribution in [2.75, 3.05) is 0 Å². The van der Waals surface area contributed by atoms with Crippen LogP contribution in [-0.2, 0) is 14.6 Å². The number of isocyanates is 1. The van der Waals surface area contributed by atoms with Crippen molar-refractivity contribution < 1.29 is 13.2 Å². The van der Waals surface area contributed by atoms with E-state index in [0.29, 0.717) is 12.8 Å². The third kappa shape index (κ3) is 3.52. The fraction of sp³-hybridized carbons (Fsp3) is 0.462. The molecule has 0 saturated heterocycles. The van der Waals surface area contributed by atoms with Gasteiger partial charge in [0.2, 0.25) is 15.9 Å². The van der Waals surface area contributed by atoms with Gasteiger partial charge in [-0.1, -0.05) is 37.5 Å². The lowest BCUT2D eigenvalue weighted by molar-refractivity contribution is 0.548. The van der Waals surface area contributed by atoms with Gasteiger partial charge in [0.25, 0.3) is 0 Å². The van der Waals surface area contributed by atoms with Crippen LogP contribution in [0.1, 0.15) is 31.7 Å². The monoisotopic (exact) mass is 267 g/mol. The maximum absolute atomic E-state index is 12.3. The number of aryl methyl sites for hydroxylation is 1. The molecule has 98 valence electrons. The number of nitrogens with zero attached hydrogens (tertiary/aromatic N) is 1. The van der Waals surface area contributed by atoms with Gasteiger partial charge in [-0.15, -0.1) is 0 Å². The van der Waals surface area contributed by atoms with Gasteiger partial charge >= 0.3 is 0 Å². The quantitative estimate of drug-likeness (QED) is 0.588. The highest BCUT2D eigenvalue weighted by Gasteiger charge is 2.26. The number of unbranched alkanes of at least 4 members (excludes halogenated alkanes) is 1. The second-order valence-electron chi connectivity index (χ2n) is 4.18. The molecule has 1 atom stereocenters. The predicted octanol–water partition coefficient (Wildman–Crippen LogP) is 2.62. The first-order chi connectivity index (χ1) is 8.52. The molecule has 0 aliphatic rings. The zero-order chi connectivity index (χ0) is 13.6. The largest absolute Gasteiger partial charge is 0.236 e. The van der Waals surface area contributed by atoms with Gasteiger partial charge in [-0.2, -0.15) is 4.99 Å². The third-order valence-electron chi connectivity index (χ3n) is 2.71. The maximum atomic E-state index is 12.3. The summed E-state index contributed by atoms with van der Waals surface area (Å²) in [6.45, 7) is 3.84. The molecule has 5 heteroatoms. The van der Waals surface area contributed by atoms with Crippen molar-refractivity contribution in [2.24, 2.45) is 4.99 Å². The molecule has 0 saturated carbocycles. The lowest BCUT2D eigenvalue weighted by atomic mass is 10.2. The highest BCUT2D eigenvalue weighted by Crippen LogP contribution is 2.21. The van der Waals surface area contributed by atoms with E-state index in [1.54, 1.807) is 24.3 Å². The molecule has 0 aromatic heterocycles. The van der Waals surface area contributed by atoms with E-state index in [4.69, 9.17) is 0 Å². The van der Waals surface area contributed by atoms with Crippen molar-refractivity contribution in [1.29, 1.82) is 0 Å². The Morgan fingerprint density at radius 1 is 1.28 bits per heavy atom. The number of hydrogen-bond donors (Lipinski definition) is 0. The van der Waals surface area contributed by atoms with Crippen LogP contribution in [0, 0.1) is 6.92 Å². The summed E-state index contributed by atoms with van der Waals surface area (Å²) in [5, 5.41) is -1.02. The van der Waals surface area contributed by atoms with E-state index in [9.17, 15) is 13.2 Å². The Kier molecular flexibility index (Phi) is 5.25. The number of rotatable bonds is 6. The van der Waals surface area contributed by atoms with E-state index in [-0.39, 0.29) is 4.90 Å². The number of hydrogen-bond acceptors (Lipinski definition) is 4. The summed E-state index contributed by atoms with van der Waals surface area (Å²) in [5.74, 6) is 0. The van der Waals surface area contributed by atoms with E-state index in [1.807, 2.05) is 13.8 Å². The van der Waals surface area contributed by atoms with Crippen LogP contribution in [0.15, 0.2) is 34.2 Å². The Morgan fingerprint density at radius 3 is 2.39 bits per heavy atom. The van der Waals surface area contributed by atoms with Gasteiger partial charge in [-0.25, -0.2) is 13.2 Å². The average Bonchev–Trinajstić information content (AvgIpc) is 2.35. The molecule has 0 spiro atoms. The minimum absolute atomic E-state index is 0.202. The molecule has 0 bridgehead atoms. The fourth-order valence-corrected chi connectivity index (χ4v) is 3.10. The zero-order valence-electron chi connectivity index (χ0n) is 10.6. The van der Waals surface area contributed by atoms with Crippen molar-refractivity contribution in [3.63, 3.8) is 0 Å². The Labute approximate surface area is 108 Å². The van der Waals surface area contributed by atoms with Gasteiger partial charge in [0.1, 0.15) is 0 Å². The van der Waals surface area contributed by atoms with E-state index in [1.165, 1.54) is 6.08 Å². The van der Waals surface area contributed by atoms with Gasteiger partial charge in [0, 0.05) is 0 Å². The molecule has 0 N–H and O–H groups in total. The van der Waals surface area contributed by atoms with Crippen LogP contribution in [0.3, 0.4) is 0 Å². The van der Waals surface area contributed by atoms with Gasteiger partial charge in [-0.05, 0) is 25.5 Å². The van der Waals surface area contributed by atoms with Gasteiger partial charge < -0.3 is 0 Å². The Morgan fingerprint density at radius 2 is 1.89 bits per heavy atom. The van der Waals surface area contributed by atoms with Crippen LogP contribution in [0.5, 0.6) is 0 Å². The van der Waals surface area contributed by atoms with Crippen molar-refractivity contribution in [3.05, 3.63) is 29.8 Å². The van der Waals surface area contributed by atoms with Crippen LogP contribution in [-0.4, -0.2) is 19.9 Å². The maximum Gasteiger partial charge on any atom is 0.236 e. The summed E-state index contributed by atoms with van der Waals surface area (Å²) in [7, 11) is -3.58. The Balaban J connectivity index is 3.08. The highest BCUT2D eigenvalue weighted by atomic mass is 32.2. The topological polar surface area (TPSA) is 63.6 Å². The van der Waals surface area contributed by atoms with Crippen molar-refractivity contribution in [1.82, 2.24) is 0 Å². The minimum Gasteiger partial charge on any atom is -0.221 e. The molecule has 0 radical (unpaired) electrons. The van der Waals surface area contributed by atoms with Gasteiger partial charge in [0.05, 0.1) is 4.90 Å². The summed E-state index contributed by atoms with van der Waals surface area (Å²) in [5.41, 5.74) is 0.984. The molecular weight excluding hydrogens is 250 g/mol. The molecular formula is C13H17NO3S. The molecule has 0 aliphatic carbocycles. The van der Waals surface area contributed by atoms with Crippen LogP contribution in [0.25, 0.3) is 0 Å². The second-order valence-corrected chi connectivity index (χ2v) is 6.28. The normalized spacial score (nSPS) is 12.8. The van der Waals surface area contributed by atoms with Crippen molar-refractivity contribution >= 4 is 15.9 Å². The number of aliphatic imine (C=N–C) groups is 1. The minimum atomic E-state index is -3.58. The zero-order valence-corrected chi connectivity index (χ0v) is 11.4. The molecule has 1 rings (SSSR count). The first-order valence-corrected chi connectivity index (χ1v) is 7.44. The molecule has 0 amide bonds. The van der Waals surface area contributed by atoms with Crippen molar-refractivity contribution in [3.8, 4) is 0 Å². The average molecular weight is 267 g/mol. The molecule has 0 heterocycles. The van der Waals surface area contributed by atoms with Gasteiger partial charge in [-0.3, -0.25) is 0 Å². The summed E-state index contributed by atoms with van der Waals surface area (Å²) in [6.07, 6.45) is 3.27. The SMILES string of the molecule is CCCC[C@@H](N=C=O)S(=O)(=O)c1ccc(C)cc1. The summed E-state index contributed by atoms with van der Waals surface area (Å²) in [6, 6.07) is 6.55. The lowest BCUT2D eigenvalue weighted by Crippen LogP contribution is -2.19. The van der Waals surface area contributed by atoms with Crippen LogP contribution in [0.2, 0.25) is 0 Å². The Bertz CT molecular complexity index is 528. The second kappa shape index (κ2) is 6.47. The number of benzene rings is 1. The predicted molar refractivity (Wildman–Crippen MR) is 69.8 cm³/mol.